The lowest BCUT2D eigenvalue weighted by atomic mass is 10.3. The molecule has 1 aliphatic heterocycles. The fourth-order valence-corrected chi connectivity index (χ4v) is 1.73. The molecule has 0 aromatic rings. The molecule has 0 atom stereocenters. The Bertz CT molecular complexity index is 345. The minimum Gasteiger partial charge on any atom is -0.221 e. The molecule has 3 heteroatoms. The Morgan fingerprint density at radius 3 is 2.23 bits per heavy atom. The summed E-state index contributed by atoms with van der Waals surface area (Å²) in [6, 6.07) is 9.93. The van der Waals surface area contributed by atoms with Crippen LogP contribution in [0.4, 0.5) is 0 Å². The predicted molar refractivity (Wildman–Crippen MR) is 55.1 cm³/mol. The van der Waals surface area contributed by atoms with Crippen LogP contribution in [0.1, 0.15) is 6.92 Å². The van der Waals surface area contributed by atoms with Gasteiger partial charge < -0.3 is 0 Å². The molecule has 0 radical (unpaired) electrons. The second kappa shape index (κ2) is 3.75. The highest BCUT2D eigenvalue weighted by Crippen LogP contribution is 2.22. The third kappa shape index (κ3) is 1.80. The zero-order valence-electron chi connectivity index (χ0n) is 7.40. The Balaban J connectivity index is 2.45. The molecular formula is C10H10N2S. The summed E-state index contributed by atoms with van der Waals surface area (Å²) in [5.41, 5.74) is 1.95. The van der Waals surface area contributed by atoms with Crippen LogP contribution < -0.4 is 0 Å². The van der Waals surface area contributed by atoms with Gasteiger partial charge in [-0.3, -0.25) is 0 Å². The molecule has 2 rings (SSSR count). The van der Waals surface area contributed by atoms with Gasteiger partial charge in [0.2, 0.25) is 0 Å². The summed E-state index contributed by atoms with van der Waals surface area (Å²) >= 11 is 1.68. The SMILES string of the molecule is CCSc1nc2cccccc-2n1. The van der Waals surface area contributed by atoms with E-state index in [4.69, 9.17) is 0 Å². The van der Waals surface area contributed by atoms with E-state index in [1.165, 1.54) is 0 Å². The highest BCUT2D eigenvalue weighted by atomic mass is 32.2. The van der Waals surface area contributed by atoms with Crippen LogP contribution in [0.15, 0.2) is 35.5 Å². The summed E-state index contributed by atoms with van der Waals surface area (Å²) in [5, 5.41) is 0.878. The van der Waals surface area contributed by atoms with Crippen molar-refractivity contribution in [2.24, 2.45) is 0 Å². The minimum absolute atomic E-state index is 0.878. The molecule has 2 nitrogen and oxygen atoms in total. The van der Waals surface area contributed by atoms with Crippen molar-refractivity contribution in [1.29, 1.82) is 0 Å². The van der Waals surface area contributed by atoms with Crippen molar-refractivity contribution in [3.8, 4) is 11.4 Å². The lowest BCUT2D eigenvalue weighted by molar-refractivity contribution is 1.07. The van der Waals surface area contributed by atoms with E-state index >= 15 is 0 Å². The van der Waals surface area contributed by atoms with E-state index in [0.29, 0.717) is 0 Å². The van der Waals surface area contributed by atoms with Crippen molar-refractivity contribution in [2.45, 2.75) is 12.1 Å². The van der Waals surface area contributed by atoms with Crippen molar-refractivity contribution < 1.29 is 0 Å². The Labute approximate surface area is 81.8 Å². The van der Waals surface area contributed by atoms with Gasteiger partial charge in [-0.2, -0.15) is 0 Å². The average molecular weight is 190 g/mol. The van der Waals surface area contributed by atoms with E-state index in [-0.39, 0.29) is 0 Å². The van der Waals surface area contributed by atoms with Gasteiger partial charge in [0.1, 0.15) is 0 Å². The predicted octanol–water partition coefficient (Wildman–Crippen LogP) is 2.69. The van der Waals surface area contributed by atoms with Gasteiger partial charge in [-0.05, 0) is 17.9 Å². The topological polar surface area (TPSA) is 25.8 Å². The highest BCUT2D eigenvalue weighted by Gasteiger charge is 2.07. The Morgan fingerprint density at radius 1 is 1.08 bits per heavy atom. The first-order valence-electron chi connectivity index (χ1n) is 4.26. The smallest absolute Gasteiger partial charge is 0.188 e. The van der Waals surface area contributed by atoms with E-state index < -0.39 is 0 Å². The third-order valence-electron chi connectivity index (χ3n) is 1.70. The summed E-state index contributed by atoms with van der Waals surface area (Å²) < 4.78 is 0. The number of aromatic nitrogens is 2. The first kappa shape index (κ1) is 8.51. The van der Waals surface area contributed by atoms with E-state index in [1.807, 2.05) is 30.3 Å². The largest absolute Gasteiger partial charge is 0.221 e. The highest BCUT2D eigenvalue weighted by molar-refractivity contribution is 7.99. The van der Waals surface area contributed by atoms with Crippen LogP contribution in [-0.4, -0.2) is 15.7 Å². The molecule has 1 aliphatic carbocycles. The van der Waals surface area contributed by atoms with E-state index in [2.05, 4.69) is 16.9 Å². The van der Waals surface area contributed by atoms with Crippen molar-refractivity contribution in [3.63, 3.8) is 0 Å². The summed E-state index contributed by atoms with van der Waals surface area (Å²) in [4.78, 5) is 8.79. The van der Waals surface area contributed by atoms with Gasteiger partial charge in [0.05, 0.1) is 11.4 Å². The quantitative estimate of drug-likeness (QED) is 0.681. The molecule has 0 unspecified atom stereocenters. The number of fused-ring (bicyclic) bond motifs is 1. The van der Waals surface area contributed by atoms with Gasteiger partial charge >= 0.3 is 0 Å². The Morgan fingerprint density at radius 2 is 1.69 bits per heavy atom. The van der Waals surface area contributed by atoms with Gasteiger partial charge in [0, 0.05) is 0 Å². The molecule has 0 bridgehead atoms. The van der Waals surface area contributed by atoms with Gasteiger partial charge in [-0.1, -0.05) is 36.9 Å². The van der Waals surface area contributed by atoms with E-state index in [9.17, 15) is 0 Å². The Hall–Kier alpha value is -1.09. The molecule has 0 saturated heterocycles. The molecule has 0 fully saturated rings. The molecule has 0 aromatic heterocycles. The second-order valence-corrected chi connectivity index (χ2v) is 3.85. The number of hydrogen-bond donors (Lipinski definition) is 0. The van der Waals surface area contributed by atoms with Crippen LogP contribution in [0, 0.1) is 0 Å². The van der Waals surface area contributed by atoms with Crippen LogP contribution in [0.3, 0.4) is 0 Å². The van der Waals surface area contributed by atoms with Gasteiger partial charge in [0.25, 0.3) is 0 Å². The van der Waals surface area contributed by atoms with Crippen LogP contribution in [0.5, 0.6) is 0 Å². The zero-order valence-corrected chi connectivity index (χ0v) is 8.21. The number of thioether (sulfide) groups is 1. The van der Waals surface area contributed by atoms with E-state index in [0.717, 1.165) is 22.3 Å². The fourth-order valence-electron chi connectivity index (χ4n) is 1.14. The summed E-state index contributed by atoms with van der Waals surface area (Å²) in [6.07, 6.45) is 0. The molecule has 2 aliphatic rings. The molecule has 13 heavy (non-hydrogen) atoms. The maximum Gasteiger partial charge on any atom is 0.188 e. The van der Waals surface area contributed by atoms with Crippen molar-refractivity contribution in [2.75, 3.05) is 5.75 Å². The molecular weight excluding hydrogens is 180 g/mol. The van der Waals surface area contributed by atoms with Gasteiger partial charge in [-0.25, -0.2) is 9.97 Å². The van der Waals surface area contributed by atoms with Crippen molar-refractivity contribution >= 4 is 11.8 Å². The monoisotopic (exact) mass is 190 g/mol. The van der Waals surface area contributed by atoms with Crippen LogP contribution in [-0.2, 0) is 0 Å². The normalized spacial score (nSPS) is 10.5. The summed E-state index contributed by atoms with van der Waals surface area (Å²) in [6.45, 7) is 2.10. The number of imidazole rings is 1. The van der Waals surface area contributed by atoms with Crippen LogP contribution in [0.2, 0.25) is 0 Å². The van der Waals surface area contributed by atoms with Crippen molar-refractivity contribution in [3.05, 3.63) is 30.3 Å². The van der Waals surface area contributed by atoms with Gasteiger partial charge in [0.15, 0.2) is 5.16 Å². The third-order valence-corrected chi connectivity index (χ3v) is 2.43. The Kier molecular flexibility index (Phi) is 2.45. The molecule has 1 heterocycles. The van der Waals surface area contributed by atoms with E-state index in [1.54, 1.807) is 11.8 Å². The standard InChI is InChI=1S/C10H10N2S/c1-2-13-10-11-8-6-4-3-5-7-9(8)12-10/h3-7H,2H2,1H3. The molecule has 0 saturated carbocycles. The van der Waals surface area contributed by atoms with Crippen LogP contribution >= 0.6 is 11.8 Å². The maximum absolute atomic E-state index is 4.39. The lowest BCUT2D eigenvalue weighted by Crippen LogP contribution is -1.72. The van der Waals surface area contributed by atoms with Crippen LogP contribution in [0.25, 0.3) is 11.4 Å². The fraction of sp³-hybridized carbons (Fsp3) is 0.200. The lowest BCUT2D eigenvalue weighted by Gasteiger charge is -1.84. The molecule has 0 N–H and O–H groups in total. The molecule has 0 amide bonds. The number of rotatable bonds is 2. The molecule has 0 spiro atoms. The average Bonchev–Trinajstić information content (AvgIpc) is 2.37. The zero-order chi connectivity index (χ0) is 9.10. The number of hydrogen-bond acceptors (Lipinski definition) is 3. The van der Waals surface area contributed by atoms with Gasteiger partial charge in [-0.15, -0.1) is 0 Å². The summed E-state index contributed by atoms with van der Waals surface area (Å²) in [5.74, 6) is 1.02. The number of nitrogens with zero attached hydrogens (tertiary/aromatic N) is 2. The second-order valence-electron chi connectivity index (χ2n) is 2.62. The first-order valence-corrected chi connectivity index (χ1v) is 5.24. The van der Waals surface area contributed by atoms with Crippen molar-refractivity contribution in [1.82, 2.24) is 9.97 Å². The maximum atomic E-state index is 4.39. The summed E-state index contributed by atoms with van der Waals surface area (Å²) in [7, 11) is 0. The molecule has 0 aromatic carbocycles. The minimum atomic E-state index is 0.878. The molecule has 66 valence electrons. The first-order chi connectivity index (χ1) is 6.40.